The zero-order chi connectivity index (χ0) is 14.7. The molecule has 2 atom stereocenters. The molecule has 116 valence electrons. The van der Waals surface area contributed by atoms with Crippen LogP contribution in [0.3, 0.4) is 0 Å². The monoisotopic (exact) mass is 288 g/mol. The second kappa shape index (κ2) is 6.78. The summed E-state index contributed by atoms with van der Waals surface area (Å²) in [6.07, 6.45) is 10.5. The zero-order valence-electron chi connectivity index (χ0n) is 13.3. The lowest BCUT2D eigenvalue weighted by Crippen LogP contribution is -2.34. The third-order valence-corrected chi connectivity index (χ3v) is 4.78. The Balaban J connectivity index is 1.54. The summed E-state index contributed by atoms with van der Waals surface area (Å²) in [5.74, 6) is 2.82. The molecule has 2 saturated carbocycles. The van der Waals surface area contributed by atoms with Crippen LogP contribution in [0.2, 0.25) is 0 Å². The van der Waals surface area contributed by atoms with E-state index in [0.29, 0.717) is 6.04 Å². The van der Waals surface area contributed by atoms with E-state index in [9.17, 15) is 0 Å². The van der Waals surface area contributed by atoms with Crippen LogP contribution < -0.4 is 10.1 Å². The number of nitrogens with one attached hydrogen (secondary N) is 1. The molecular formula is C18H28N2O. The van der Waals surface area contributed by atoms with Gasteiger partial charge in [0.15, 0.2) is 0 Å². The van der Waals surface area contributed by atoms with Gasteiger partial charge >= 0.3 is 0 Å². The fourth-order valence-electron chi connectivity index (χ4n) is 3.55. The van der Waals surface area contributed by atoms with Gasteiger partial charge in [-0.2, -0.15) is 0 Å². The van der Waals surface area contributed by atoms with Crippen molar-refractivity contribution in [2.45, 2.75) is 71.1 Å². The van der Waals surface area contributed by atoms with E-state index in [-0.39, 0.29) is 6.10 Å². The van der Waals surface area contributed by atoms with Gasteiger partial charge in [0.2, 0.25) is 5.88 Å². The fourth-order valence-corrected chi connectivity index (χ4v) is 3.55. The van der Waals surface area contributed by atoms with Crippen molar-refractivity contribution in [3.05, 3.63) is 23.9 Å². The number of aromatic nitrogens is 1. The smallest absolute Gasteiger partial charge is 0.218 e. The van der Waals surface area contributed by atoms with Gasteiger partial charge in [-0.15, -0.1) is 0 Å². The van der Waals surface area contributed by atoms with Gasteiger partial charge in [-0.1, -0.05) is 18.9 Å². The molecule has 3 nitrogen and oxygen atoms in total. The summed E-state index contributed by atoms with van der Waals surface area (Å²) < 4.78 is 5.80. The van der Waals surface area contributed by atoms with Gasteiger partial charge in [-0.25, -0.2) is 4.98 Å². The van der Waals surface area contributed by atoms with Crippen LogP contribution in [-0.4, -0.2) is 17.1 Å². The Morgan fingerprint density at radius 1 is 1.24 bits per heavy atom. The minimum absolute atomic E-state index is 0.174. The molecule has 0 aliphatic heterocycles. The van der Waals surface area contributed by atoms with E-state index < -0.39 is 0 Å². The molecule has 2 aliphatic rings. The highest BCUT2D eigenvalue weighted by atomic mass is 16.5. The Hall–Kier alpha value is -1.09. The second-order valence-electron chi connectivity index (χ2n) is 6.98. The van der Waals surface area contributed by atoms with Crippen molar-refractivity contribution < 1.29 is 4.74 Å². The van der Waals surface area contributed by atoms with Crippen molar-refractivity contribution in [2.75, 3.05) is 0 Å². The lowest BCUT2D eigenvalue weighted by atomic mass is 9.82. The molecule has 2 fully saturated rings. The van der Waals surface area contributed by atoms with E-state index in [1.54, 1.807) is 0 Å². The maximum Gasteiger partial charge on any atom is 0.218 e. The number of hydrogen-bond acceptors (Lipinski definition) is 3. The molecule has 3 rings (SSSR count). The first-order valence-corrected chi connectivity index (χ1v) is 8.56. The van der Waals surface area contributed by atoms with E-state index in [0.717, 1.165) is 24.3 Å². The molecule has 1 aromatic rings. The summed E-state index contributed by atoms with van der Waals surface area (Å²) in [4.78, 5) is 4.37. The third-order valence-electron chi connectivity index (χ3n) is 4.78. The molecule has 0 bridgehead atoms. The van der Waals surface area contributed by atoms with Crippen LogP contribution >= 0.6 is 0 Å². The Bertz CT molecular complexity index is 456. The topological polar surface area (TPSA) is 34.1 Å². The highest BCUT2D eigenvalue weighted by molar-refractivity contribution is 5.25. The van der Waals surface area contributed by atoms with Crippen molar-refractivity contribution in [3.8, 4) is 5.88 Å². The largest absolute Gasteiger partial charge is 0.475 e. The maximum absolute atomic E-state index is 5.80. The summed E-state index contributed by atoms with van der Waals surface area (Å²) in [6.45, 7) is 4.97. The lowest BCUT2D eigenvalue weighted by Gasteiger charge is -2.30. The quantitative estimate of drug-likeness (QED) is 0.861. The number of rotatable bonds is 6. The van der Waals surface area contributed by atoms with Gasteiger partial charge in [-0.3, -0.25) is 0 Å². The van der Waals surface area contributed by atoms with Crippen molar-refractivity contribution in [1.82, 2.24) is 10.3 Å². The first kappa shape index (κ1) is 14.8. The molecule has 1 aromatic heterocycles. The average Bonchev–Trinajstić information content (AvgIpc) is 3.31. The number of pyridine rings is 1. The van der Waals surface area contributed by atoms with E-state index in [2.05, 4.69) is 16.4 Å². The van der Waals surface area contributed by atoms with Crippen molar-refractivity contribution in [2.24, 2.45) is 11.8 Å². The predicted octanol–water partition coefficient (Wildman–Crippen LogP) is 3.93. The highest BCUT2D eigenvalue weighted by Crippen LogP contribution is 2.43. The van der Waals surface area contributed by atoms with Crippen LogP contribution in [0.15, 0.2) is 18.3 Å². The molecule has 21 heavy (non-hydrogen) atoms. The van der Waals surface area contributed by atoms with Gasteiger partial charge in [0, 0.05) is 24.3 Å². The first-order chi connectivity index (χ1) is 10.2. The van der Waals surface area contributed by atoms with Crippen molar-refractivity contribution in [3.63, 3.8) is 0 Å². The Morgan fingerprint density at radius 2 is 2.10 bits per heavy atom. The molecule has 0 aromatic carbocycles. The zero-order valence-corrected chi connectivity index (χ0v) is 13.3. The molecule has 2 aliphatic carbocycles. The molecule has 0 amide bonds. The lowest BCUT2D eigenvalue weighted by molar-refractivity contribution is 0.227. The van der Waals surface area contributed by atoms with Gasteiger partial charge in [0.1, 0.15) is 0 Å². The van der Waals surface area contributed by atoms with Crippen LogP contribution in [-0.2, 0) is 6.54 Å². The van der Waals surface area contributed by atoms with Crippen molar-refractivity contribution in [1.29, 1.82) is 0 Å². The highest BCUT2D eigenvalue weighted by Gasteiger charge is 2.34. The van der Waals surface area contributed by atoms with Gasteiger partial charge in [0.25, 0.3) is 0 Å². The normalized spacial score (nSPS) is 26.0. The summed E-state index contributed by atoms with van der Waals surface area (Å²) in [5.41, 5.74) is 1.18. The van der Waals surface area contributed by atoms with Crippen LogP contribution in [0, 0.1) is 11.8 Å². The maximum atomic E-state index is 5.80. The Morgan fingerprint density at radius 3 is 2.86 bits per heavy atom. The summed E-state index contributed by atoms with van der Waals surface area (Å²) in [5, 5.41) is 3.74. The van der Waals surface area contributed by atoms with Crippen LogP contribution in [0.5, 0.6) is 5.88 Å². The Labute approximate surface area is 128 Å². The number of hydrogen-bond donors (Lipinski definition) is 1. The summed E-state index contributed by atoms with van der Waals surface area (Å²) in [6, 6.07) is 4.80. The minimum atomic E-state index is 0.174. The van der Waals surface area contributed by atoms with Gasteiger partial charge in [0.05, 0.1) is 6.10 Å². The van der Waals surface area contributed by atoms with Gasteiger partial charge in [-0.05, 0) is 57.4 Å². The van der Waals surface area contributed by atoms with E-state index >= 15 is 0 Å². The molecule has 1 N–H and O–H groups in total. The van der Waals surface area contributed by atoms with E-state index in [1.165, 1.54) is 44.1 Å². The SMILES string of the molecule is CC(C)Oc1ncccc1CNC1CCCC(C2CC2)C1. The summed E-state index contributed by atoms with van der Waals surface area (Å²) in [7, 11) is 0. The first-order valence-electron chi connectivity index (χ1n) is 8.56. The molecule has 0 saturated heterocycles. The van der Waals surface area contributed by atoms with Crippen LogP contribution in [0.1, 0.15) is 57.9 Å². The van der Waals surface area contributed by atoms with Crippen molar-refractivity contribution >= 4 is 0 Å². The predicted molar refractivity (Wildman–Crippen MR) is 85.3 cm³/mol. The number of ether oxygens (including phenoxy) is 1. The van der Waals surface area contributed by atoms with Crippen LogP contribution in [0.4, 0.5) is 0 Å². The third kappa shape index (κ3) is 4.19. The average molecular weight is 288 g/mol. The molecule has 0 spiro atoms. The molecule has 1 heterocycles. The Kier molecular flexibility index (Phi) is 4.79. The van der Waals surface area contributed by atoms with E-state index in [4.69, 9.17) is 4.74 Å². The van der Waals surface area contributed by atoms with Crippen LogP contribution in [0.25, 0.3) is 0 Å². The standard InChI is InChI=1S/C18H28N2O/c1-13(2)21-18-16(6-4-10-19-18)12-20-17-7-3-5-15(11-17)14-8-9-14/h4,6,10,13-15,17,20H,3,5,7-9,11-12H2,1-2H3. The fraction of sp³-hybridized carbons (Fsp3) is 0.722. The minimum Gasteiger partial charge on any atom is -0.475 e. The molecule has 3 heteroatoms. The summed E-state index contributed by atoms with van der Waals surface area (Å²) >= 11 is 0. The molecular weight excluding hydrogens is 260 g/mol. The van der Waals surface area contributed by atoms with E-state index in [1.807, 2.05) is 26.1 Å². The molecule has 0 radical (unpaired) electrons. The second-order valence-corrected chi connectivity index (χ2v) is 6.98. The molecule has 2 unspecified atom stereocenters. The van der Waals surface area contributed by atoms with Gasteiger partial charge < -0.3 is 10.1 Å². The number of nitrogens with zero attached hydrogens (tertiary/aromatic N) is 1.